The highest BCUT2D eigenvalue weighted by Gasteiger charge is 2.08. The molecule has 0 fully saturated rings. The van der Waals surface area contributed by atoms with Crippen LogP contribution in [0.15, 0.2) is 59.7 Å². The summed E-state index contributed by atoms with van der Waals surface area (Å²) in [4.78, 5) is 38.6. The second-order valence-corrected chi connectivity index (χ2v) is 5.44. The minimum atomic E-state index is -1.15. The van der Waals surface area contributed by atoms with Gasteiger partial charge in [-0.2, -0.15) is 0 Å². The Morgan fingerprint density at radius 2 is 2.00 bits per heavy atom. The summed E-state index contributed by atoms with van der Waals surface area (Å²) in [5, 5.41) is 12.1. The van der Waals surface area contributed by atoms with Gasteiger partial charge in [0.15, 0.2) is 6.61 Å². The lowest BCUT2D eigenvalue weighted by atomic mass is 10.2. The standard InChI is InChI=1S/C18H15N3O5/c22-16(20-12-6-7-17(23)21(9-12)10-18(24)25)11-26-15-5-1-4-14-13(15)3-2-8-19-14/h1-9H,10-11H2,(H,20,22)(H,24,25). The smallest absolute Gasteiger partial charge is 0.323 e. The number of rotatable bonds is 6. The summed E-state index contributed by atoms with van der Waals surface area (Å²) >= 11 is 0. The van der Waals surface area contributed by atoms with Crippen molar-refractivity contribution in [3.63, 3.8) is 0 Å². The van der Waals surface area contributed by atoms with E-state index >= 15 is 0 Å². The number of pyridine rings is 2. The van der Waals surface area contributed by atoms with E-state index in [1.54, 1.807) is 24.4 Å². The second-order valence-electron chi connectivity index (χ2n) is 5.44. The zero-order valence-corrected chi connectivity index (χ0v) is 13.6. The van der Waals surface area contributed by atoms with Crippen LogP contribution in [-0.4, -0.2) is 33.1 Å². The van der Waals surface area contributed by atoms with Gasteiger partial charge in [0.2, 0.25) is 0 Å². The number of nitrogens with one attached hydrogen (secondary N) is 1. The van der Waals surface area contributed by atoms with Crippen molar-refractivity contribution in [1.29, 1.82) is 0 Å². The number of amides is 1. The molecule has 0 radical (unpaired) electrons. The minimum absolute atomic E-state index is 0.244. The van der Waals surface area contributed by atoms with Crippen molar-refractivity contribution in [2.75, 3.05) is 11.9 Å². The van der Waals surface area contributed by atoms with Crippen LogP contribution < -0.4 is 15.6 Å². The van der Waals surface area contributed by atoms with Gasteiger partial charge in [0.05, 0.1) is 11.2 Å². The fourth-order valence-electron chi connectivity index (χ4n) is 2.42. The molecule has 2 aromatic heterocycles. The molecule has 26 heavy (non-hydrogen) atoms. The molecule has 0 atom stereocenters. The number of aliphatic carboxylic acids is 1. The lowest BCUT2D eigenvalue weighted by molar-refractivity contribution is -0.137. The molecular weight excluding hydrogens is 338 g/mol. The van der Waals surface area contributed by atoms with Gasteiger partial charge < -0.3 is 19.7 Å². The van der Waals surface area contributed by atoms with Crippen LogP contribution in [0.2, 0.25) is 0 Å². The Morgan fingerprint density at radius 3 is 2.81 bits per heavy atom. The Kier molecular flexibility index (Phi) is 4.93. The maximum Gasteiger partial charge on any atom is 0.323 e. The van der Waals surface area contributed by atoms with E-state index in [0.29, 0.717) is 11.4 Å². The van der Waals surface area contributed by atoms with Crippen molar-refractivity contribution in [1.82, 2.24) is 9.55 Å². The quantitative estimate of drug-likeness (QED) is 0.695. The molecule has 0 spiro atoms. The Morgan fingerprint density at radius 1 is 1.15 bits per heavy atom. The Hall–Kier alpha value is -3.68. The highest BCUT2D eigenvalue weighted by molar-refractivity contribution is 5.92. The van der Waals surface area contributed by atoms with E-state index in [2.05, 4.69) is 10.3 Å². The molecule has 0 bridgehead atoms. The fraction of sp³-hybridized carbons (Fsp3) is 0.111. The number of carbonyl (C=O) groups is 2. The predicted octanol–water partition coefficient (Wildman–Crippen LogP) is 1.50. The van der Waals surface area contributed by atoms with Crippen LogP contribution in [0, 0.1) is 0 Å². The van der Waals surface area contributed by atoms with Crippen molar-refractivity contribution < 1.29 is 19.4 Å². The number of anilines is 1. The summed E-state index contributed by atoms with van der Waals surface area (Å²) < 4.78 is 6.55. The van der Waals surface area contributed by atoms with Crippen molar-refractivity contribution >= 4 is 28.5 Å². The lowest BCUT2D eigenvalue weighted by Gasteiger charge is -2.10. The molecule has 0 aliphatic heterocycles. The van der Waals surface area contributed by atoms with Gasteiger partial charge >= 0.3 is 5.97 Å². The summed E-state index contributed by atoms with van der Waals surface area (Å²) in [5.41, 5.74) is 0.593. The Bertz CT molecular complexity index is 1020. The van der Waals surface area contributed by atoms with E-state index in [0.717, 1.165) is 15.5 Å². The molecule has 0 saturated carbocycles. The molecular formula is C18H15N3O5. The number of nitrogens with zero attached hydrogens (tertiary/aromatic N) is 2. The molecule has 0 aliphatic carbocycles. The van der Waals surface area contributed by atoms with E-state index < -0.39 is 24.0 Å². The summed E-state index contributed by atoms with van der Waals surface area (Å²) in [6.45, 7) is -0.728. The molecule has 132 valence electrons. The molecule has 3 rings (SSSR count). The molecule has 1 aromatic carbocycles. The third kappa shape index (κ3) is 4.04. The molecule has 3 aromatic rings. The number of fused-ring (bicyclic) bond motifs is 1. The van der Waals surface area contributed by atoms with Crippen LogP contribution in [0.4, 0.5) is 5.69 Å². The zero-order chi connectivity index (χ0) is 18.5. The van der Waals surface area contributed by atoms with E-state index in [4.69, 9.17) is 9.84 Å². The number of carbonyl (C=O) groups excluding carboxylic acids is 1. The number of aromatic nitrogens is 2. The normalized spacial score (nSPS) is 10.5. The van der Waals surface area contributed by atoms with Crippen LogP contribution in [-0.2, 0) is 16.1 Å². The largest absolute Gasteiger partial charge is 0.483 e. The van der Waals surface area contributed by atoms with Crippen LogP contribution in [0.25, 0.3) is 10.9 Å². The van der Waals surface area contributed by atoms with Gasteiger partial charge in [-0.1, -0.05) is 6.07 Å². The zero-order valence-electron chi connectivity index (χ0n) is 13.6. The summed E-state index contributed by atoms with van der Waals surface area (Å²) in [5.74, 6) is -1.06. The number of carboxylic acid groups (broad SMARTS) is 1. The van der Waals surface area contributed by atoms with Crippen LogP contribution in [0.5, 0.6) is 5.75 Å². The fourth-order valence-corrected chi connectivity index (χ4v) is 2.42. The van der Waals surface area contributed by atoms with E-state index in [-0.39, 0.29) is 6.61 Å². The monoisotopic (exact) mass is 353 g/mol. The van der Waals surface area contributed by atoms with Crippen molar-refractivity contribution in [3.8, 4) is 5.75 Å². The van der Waals surface area contributed by atoms with Gasteiger partial charge in [-0.25, -0.2) is 0 Å². The summed E-state index contributed by atoms with van der Waals surface area (Å²) in [7, 11) is 0. The van der Waals surface area contributed by atoms with Gasteiger partial charge in [-0.3, -0.25) is 19.4 Å². The van der Waals surface area contributed by atoms with Crippen molar-refractivity contribution in [2.24, 2.45) is 0 Å². The molecule has 2 N–H and O–H groups in total. The first-order valence-corrected chi connectivity index (χ1v) is 7.71. The van der Waals surface area contributed by atoms with Gasteiger partial charge in [0.25, 0.3) is 11.5 Å². The van der Waals surface area contributed by atoms with Crippen LogP contribution in [0.1, 0.15) is 0 Å². The van der Waals surface area contributed by atoms with Crippen LogP contribution >= 0.6 is 0 Å². The lowest BCUT2D eigenvalue weighted by Crippen LogP contribution is -2.25. The van der Waals surface area contributed by atoms with E-state index in [9.17, 15) is 14.4 Å². The second kappa shape index (κ2) is 7.47. The van der Waals surface area contributed by atoms with E-state index in [1.165, 1.54) is 18.3 Å². The maximum atomic E-state index is 12.1. The first-order chi connectivity index (χ1) is 12.5. The average Bonchev–Trinajstić information content (AvgIpc) is 2.62. The van der Waals surface area contributed by atoms with Gasteiger partial charge in [0, 0.05) is 23.8 Å². The summed E-state index contributed by atoms with van der Waals surface area (Å²) in [6, 6.07) is 11.6. The maximum absolute atomic E-state index is 12.1. The molecule has 2 heterocycles. The molecule has 8 heteroatoms. The van der Waals surface area contributed by atoms with Gasteiger partial charge in [-0.15, -0.1) is 0 Å². The first-order valence-electron chi connectivity index (χ1n) is 7.71. The Balaban J connectivity index is 1.67. The number of hydrogen-bond donors (Lipinski definition) is 2. The van der Waals surface area contributed by atoms with E-state index in [1.807, 2.05) is 12.1 Å². The number of carboxylic acids is 1. The SMILES string of the molecule is O=C(O)Cn1cc(NC(=O)COc2cccc3ncccc23)ccc1=O. The molecule has 1 amide bonds. The van der Waals surface area contributed by atoms with Gasteiger partial charge in [-0.05, 0) is 30.3 Å². The molecule has 0 unspecified atom stereocenters. The van der Waals surface area contributed by atoms with Gasteiger partial charge in [0.1, 0.15) is 12.3 Å². The molecule has 0 saturated heterocycles. The molecule has 0 aliphatic rings. The minimum Gasteiger partial charge on any atom is -0.483 e. The van der Waals surface area contributed by atoms with Crippen molar-refractivity contribution in [2.45, 2.75) is 6.54 Å². The van der Waals surface area contributed by atoms with Crippen LogP contribution in [0.3, 0.4) is 0 Å². The Labute approximate surface area is 147 Å². The van der Waals surface area contributed by atoms with Crippen molar-refractivity contribution in [3.05, 3.63) is 65.2 Å². The molecule has 8 nitrogen and oxygen atoms in total. The predicted molar refractivity (Wildman–Crippen MR) is 94.2 cm³/mol. The summed E-state index contributed by atoms with van der Waals surface area (Å²) in [6.07, 6.45) is 2.95. The average molecular weight is 353 g/mol. The topological polar surface area (TPSA) is 111 Å². The third-order valence-electron chi connectivity index (χ3n) is 3.54. The highest BCUT2D eigenvalue weighted by Crippen LogP contribution is 2.23. The highest BCUT2D eigenvalue weighted by atomic mass is 16.5. The first kappa shape index (κ1) is 17.2. The third-order valence-corrected chi connectivity index (χ3v) is 3.54. The number of benzene rings is 1. The number of ether oxygens (including phenoxy) is 1. The number of hydrogen-bond acceptors (Lipinski definition) is 5.